The van der Waals surface area contributed by atoms with Gasteiger partial charge in [0.2, 0.25) is 0 Å². The molecule has 3 nitrogen and oxygen atoms in total. The molecule has 0 aliphatic carbocycles. The lowest BCUT2D eigenvalue weighted by molar-refractivity contribution is 0.414. The number of ether oxygens (including phenoxy) is 1. The predicted molar refractivity (Wildman–Crippen MR) is 82.2 cm³/mol. The molecule has 3 aromatic rings. The average molecular weight is 266 g/mol. The van der Waals surface area contributed by atoms with Gasteiger partial charge >= 0.3 is 0 Å². The fraction of sp³-hybridized carbons (Fsp3) is 0.176. The fourth-order valence-electron chi connectivity index (χ4n) is 2.63. The van der Waals surface area contributed by atoms with Crippen molar-refractivity contribution < 1.29 is 4.74 Å². The number of hydrogen-bond acceptors (Lipinski definition) is 2. The maximum Gasteiger partial charge on any atom is 0.118 e. The van der Waals surface area contributed by atoms with E-state index in [1.54, 1.807) is 7.11 Å². The molecule has 1 heterocycles. The van der Waals surface area contributed by atoms with Crippen molar-refractivity contribution in [3.05, 3.63) is 65.9 Å². The van der Waals surface area contributed by atoms with Gasteiger partial charge in [0, 0.05) is 17.1 Å². The van der Waals surface area contributed by atoms with Crippen LogP contribution in [-0.2, 0) is 0 Å². The number of nitrogens with one attached hydrogen (secondary N) is 2. The Labute approximate surface area is 118 Å². The summed E-state index contributed by atoms with van der Waals surface area (Å²) in [6, 6.07) is 16.7. The van der Waals surface area contributed by atoms with Gasteiger partial charge in [0.1, 0.15) is 5.75 Å². The molecular formula is C17H18N2O. The molecule has 1 atom stereocenters. The Morgan fingerprint density at radius 3 is 2.50 bits per heavy atom. The van der Waals surface area contributed by atoms with Gasteiger partial charge in [0.25, 0.3) is 0 Å². The van der Waals surface area contributed by atoms with Crippen LogP contribution in [0.15, 0.2) is 54.7 Å². The minimum atomic E-state index is 0.164. The van der Waals surface area contributed by atoms with Crippen LogP contribution >= 0.6 is 0 Å². The van der Waals surface area contributed by atoms with E-state index in [1.807, 2.05) is 25.2 Å². The monoisotopic (exact) mass is 266 g/mol. The maximum absolute atomic E-state index is 5.22. The van der Waals surface area contributed by atoms with Crippen molar-refractivity contribution in [2.45, 2.75) is 6.04 Å². The van der Waals surface area contributed by atoms with E-state index in [0.29, 0.717) is 0 Å². The number of fused-ring (bicyclic) bond motifs is 1. The molecule has 102 valence electrons. The van der Waals surface area contributed by atoms with E-state index in [-0.39, 0.29) is 6.04 Å². The first kappa shape index (κ1) is 12.8. The first-order valence-corrected chi connectivity index (χ1v) is 6.70. The van der Waals surface area contributed by atoms with Crippen LogP contribution in [0.3, 0.4) is 0 Å². The van der Waals surface area contributed by atoms with Crippen LogP contribution < -0.4 is 10.1 Å². The van der Waals surface area contributed by atoms with E-state index < -0.39 is 0 Å². The number of para-hydroxylation sites is 1. The topological polar surface area (TPSA) is 37.0 Å². The summed E-state index contributed by atoms with van der Waals surface area (Å²) < 4.78 is 5.22. The minimum Gasteiger partial charge on any atom is -0.497 e. The van der Waals surface area contributed by atoms with Crippen LogP contribution in [-0.4, -0.2) is 19.1 Å². The van der Waals surface area contributed by atoms with E-state index in [4.69, 9.17) is 4.74 Å². The molecule has 0 saturated carbocycles. The standard InChI is InChI=1S/C17H18N2O/c1-18-17(12-7-9-13(20-2)10-8-12)15-11-19-16-6-4-3-5-14(15)16/h3-11,17-19H,1-2H3. The van der Waals surface area contributed by atoms with Gasteiger partial charge in [-0.05, 0) is 36.4 Å². The van der Waals surface area contributed by atoms with Gasteiger partial charge < -0.3 is 15.0 Å². The second-order valence-corrected chi connectivity index (χ2v) is 4.78. The van der Waals surface area contributed by atoms with Gasteiger partial charge in [-0.2, -0.15) is 0 Å². The summed E-state index contributed by atoms with van der Waals surface area (Å²) in [4.78, 5) is 3.33. The lowest BCUT2D eigenvalue weighted by atomic mass is 9.98. The van der Waals surface area contributed by atoms with Crippen molar-refractivity contribution in [1.29, 1.82) is 0 Å². The molecule has 0 amide bonds. The zero-order chi connectivity index (χ0) is 13.9. The smallest absolute Gasteiger partial charge is 0.118 e. The van der Waals surface area contributed by atoms with Crippen molar-refractivity contribution in [3.63, 3.8) is 0 Å². The highest BCUT2D eigenvalue weighted by Gasteiger charge is 2.15. The summed E-state index contributed by atoms with van der Waals surface area (Å²) in [6.45, 7) is 0. The number of benzene rings is 2. The van der Waals surface area contributed by atoms with E-state index in [0.717, 1.165) is 11.3 Å². The van der Waals surface area contributed by atoms with Crippen molar-refractivity contribution in [1.82, 2.24) is 10.3 Å². The molecule has 0 aliphatic rings. The van der Waals surface area contributed by atoms with Gasteiger partial charge in [0.05, 0.1) is 13.2 Å². The largest absolute Gasteiger partial charge is 0.497 e. The van der Waals surface area contributed by atoms with E-state index >= 15 is 0 Å². The Kier molecular flexibility index (Phi) is 3.44. The highest BCUT2D eigenvalue weighted by Crippen LogP contribution is 2.29. The van der Waals surface area contributed by atoms with Gasteiger partial charge in [-0.1, -0.05) is 30.3 Å². The summed E-state index contributed by atoms with van der Waals surface area (Å²) >= 11 is 0. The van der Waals surface area contributed by atoms with Crippen molar-refractivity contribution in [2.75, 3.05) is 14.2 Å². The second-order valence-electron chi connectivity index (χ2n) is 4.78. The molecule has 1 unspecified atom stereocenters. The predicted octanol–water partition coefficient (Wildman–Crippen LogP) is 3.49. The maximum atomic E-state index is 5.22. The zero-order valence-electron chi connectivity index (χ0n) is 11.7. The Morgan fingerprint density at radius 1 is 1.05 bits per heavy atom. The van der Waals surface area contributed by atoms with E-state index in [9.17, 15) is 0 Å². The number of H-pyrrole nitrogens is 1. The summed E-state index contributed by atoms with van der Waals surface area (Å²) in [5, 5.41) is 4.64. The third-order valence-corrected chi connectivity index (χ3v) is 3.67. The average Bonchev–Trinajstić information content (AvgIpc) is 2.93. The Hall–Kier alpha value is -2.26. The van der Waals surface area contributed by atoms with Crippen LogP contribution in [0, 0.1) is 0 Å². The Balaban J connectivity index is 2.04. The molecule has 0 aliphatic heterocycles. The van der Waals surface area contributed by atoms with Crippen LogP contribution in [0.1, 0.15) is 17.2 Å². The van der Waals surface area contributed by atoms with Crippen LogP contribution in [0.25, 0.3) is 10.9 Å². The Bertz CT molecular complexity index is 700. The highest BCUT2D eigenvalue weighted by atomic mass is 16.5. The summed E-state index contributed by atoms with van der Waals surface area (Å²) in [5.74, 6) is 0.877. The molecule has 0 radical (unpaired) electrons. The third kappa shape index (κ3) is 2.17. The number of hydrogen-bond donors (Lipinski definition) is 2. The van der Waals surface area contributed by atoms with E-state index in [1.165, 1.54) is 16.5 Å². The van der Waals surface area contributed by atoms with Crippen LogP contribution in [0.5, 0.6) is 5.75 Å². The number of aromatic nitrogens is 1. The number of aromatic amines is 1. The number of rotatable bonds is 4. The normalized spacial score (nSPS) is 12.5. The molecule has 0 saturated heterocycles. The third-order valence-electron chi connectivity index (χ3n) is 3.67. The molecule has 3 heteroatoms. The molecule has 20 heavy (non-hydrogen) atoms. The summed E-state index contributed by atoms with van der Waals surface area (Å²) in [7, 11) is 3.67. The summed E-state index contributed by atoms with van der Waals surface area (Å²) in [6.07, 6.45) is 2.08. The fourth-order valence-corrected chi connectivity index (χ4v) is 2.63. The Morgan fingerprint density at radius 2 is 1.80 bits per heavy atom. The van der Waals surface area contributed by atoms with Crippen molar-refractivity contribution >= 4 is 10.9 Å². The molecule has 1 aromatic heterocycles. The highest BCUT2D eigenvalue weighted by molar-refractivity contribution is 5.84. The SMILES string of the molecule is CNC(c1ccc(OC)cc1)c1c[nH]c2ccccc12. The zero-order valence-corrected chi connectivity index (χ0v) is 11.7. The lowest BCUT2D eigenvalue weighted by Gasteiger charge is -2.16. The van der Waals surface area contributed by atoms with E-state index in [2.05, 4.69) is 46.8 Å². The van der Waals surface area contributed by atoms with Gasteiger partial charge in [-0.3, -0.25) is 0 Å². The van der Waals surface area contributed by atoms with Gasteiger partial charge in [-0.15, -0.1) is 0 Å². The second kappa shape index (κ2) is 5.39. The molecule has 2 N–H and O–H groups in total. The lowest BCUT2D eigenvalue weighted by Crippen LogP contribution is -2.17. The molecule has 0 fully saturated rings. The summed E-state index contributed by atoms with van der Waals surface area (Å²) in [5.41, 5.74) is 3.64. The minimum absolute atomic E-state index is 0.164. The molecular weight excluding hydrogens is 248 g/mol. The number of methoxy groups -OCH3 is 1. The quantitative estimate of drug-likeness (QED) is 0.758. The van der Waals surface area contributed by atoms with Crippen molar-refractivity contribution in [2.24, 2.45) is 0 Å². The van der Waals surface area contributed by atoms with Crippen LogP contribution in [0.4, 0.5) is 0 Å². The molecule has 3 rings (SSSR count). The van der Waals surface area contributed by atoms with Crippen LogP contribution in [0.2, 0.25) is 0 Å². The molecule has 0 bridgehead atoms. The molecule has 2 aromatic carbocycles. The van der Waals surface area contributed by atoms with Crippen molar-refractivity contribution in [3.8, 4) is 5.75 Å². The van der Waals surface area contributed by atoms with Gasteiger partial charge in [-0.25, -0.2) is 0 Å². The first-order valence-electron chi connectivity index (χ1n) is 6.70. The van der Waals surface area contributed by atoms with Gasteiger partial charge in [0.15, 0.2) is 0 Å². The molecule has 0 spiro atoms. The first-order chi connectivity index (χ1) is 9.83.